The number of benzene rings is 1. The summed E-state index contributed by atoms with van der Waals surface area (Å²) >= 11 is 0. The number of hydrogen-bond donors (Lipinski definition) is 1. The van der Waals surface area contributed by atoms with Crippen LogP contribution in [0.5, 0.6) is 5.75 Å². The number of nitrogens with one attached hydrogen (secondary N) is 1. The van der Waals surface area contributed by atoms with Gasteiger partial charge in [-0.15, -0.1) is 0 Å². The quantitative estimate of drug-likeness (QED) is 0.680. The summed E-state index contributed by atoms with van der Waals surface area (Å²) in [6.45, 7) is 11.6. The van der Waals surface area contributed by atoms with Crippen molar-refractivity contribution in [2.45, 2.75) is 45.8 Å². The highest BCUT2D eigenvalue weighted by Crippen LogP contribution is 2.25. The summed E-state index contributed by atoms with van der Waals surface area (Å²) in [5.41, 5.74) is 1.49. The maximum absolute atomic E-state index is 13.3. The number of aromatic nitrogens is 1. The molecule has 1 N–H and O–H groups in total. The van der Waals surface area contributed by atoms with Gasteiger partial charge < -0.3 is 19.7 Å². The van der Waals surface area contributed by atoms with Gasteiger partial charge in [-0.05, 0) is 75.9 Å². The molecule has 1 aromatic carbocycles. The lowest BCUT2D eigenvalue weighted by Gasteiger charge is -2.39. The van der Waals surface area contributed by atoms with E-state index in [-0.39, 0.29) is 5.91 Å². The molecule has 0 radical (unpaired) electrons. The maximum atomic E-state index is 13.3. The summed E-state index contributed by atoms with van der Waals surface area (Å²) < 4.78 is 11.4. The van der Waals surface area contributed by atoms with Gasteiger partial charge in [-0.25, -0.2) is 4.98 Å². The van der Waals surface area contributed by atoms with Crippen molar-refractivity contribution >= 4 is 17.4 Å². The highest BCUT2D eigenvalue weighted by Gasteiger charge is 2.29. The first-order chi connectivity index (χ1) is 16.0. The lowest BCUT2D eigenvalue weighted by Crippen LogP contribution is -2.48. The number of carbonyl (C=O) groups is 1. The normalized spacial score (nSPS) is 22.2. The third-order valence-electron chi connectivity index (χ3n) is 6.38. The minimum absolute atomic E-state index is 0.0450. The molecule has 0 saturated carbocycles. The van der Waals surface area contributed by atoms with Crippen LogP contribution in [0, 0.1) is 5.92 Å². The first-order valence-electron chi connectivity index (χ1n) is 12.1. The van der Waals surface area contributed by atoms with Crippen molar-refractivity contribution in [2.75, 3.05) is 44.6 Å². The van der Waals surface area contributed by atoms with E-state index in [4.69, 9.17) is 9.47 Å². The Morgan fingerprint density at radius 3 is 2.48 bits per heavy atom. The van der Waals surface area contributed by atoms with Crippen LogP contribution in [-0.4, -0.2) is 72.2 Å². The zero-order valence-corrected chi connectivity index (χ0v) is 20.0. The molecule has 1 amide bonds. The molecule has 2 fully saturated rings. The number of piperidine rings is 1. The van der Waals surface area contributed by atoms with Gasteiger partial charge in [0.2, 0.25) is 0 Å². The number of carbonyl (C=O) groups excluding carboxylic acids is 1. The number of likely N-dealkylation sites (tertiary alicyclic amines) is 1. The van der Waals surface area contributed by atoms with E-state index in [1.54, 1.807) is 6.20 Å². The maximum Gasteiger partial charge on any atom is 0.257 e. The Morgan fingerprint density at radius 1 is 1.12 bits per heavy atom. The van der Waals surface area contributed by atoms with Crippen molar-refractivity contribution in [3.63, 3.8) is 0 Å². The molecular weight excluding hydrogens is 416 g/mol. The summed E-state index contributed by atoms with van der Waals surface area (Å²) in [5, 5.41) is 3.30. The predicted octanol–water partition coefficient (Wildman–Crippen LogP) is 4.19. The molecule has 0 aliphatic carbocycles. The Morgan fingerprint density at radius 2 is 1.82 bits per heavy atom. The second-order valence-corrected chi connectivity index (χ2v) is 9.19. The highest BCUT2D eigenvalue weighted by molar-refractivity contribution is 5.99. The minimum Gasteiger partial charge on any atom is -0.494 e. The second-order valence-electron chi connectivity index (χ2n) is 9.19. The molecule has 33 heavy (non-hydrogen) atoms. The summed E-state index contributed by atoms with van der Waals surface area (Å²) in [7, 11) is 0. The fourth-order valence-electron chi connectivity index (χ4n) is 4.90. The molecule has 0 bridgehead atoms. The fraction of sp³-hybridized carbons (Fsp3) is 0.538. The molecule has 0 spiro atoms. The van der Waals surface area contributed by atoms with Crippen LogP contribution in [0.2, 0.25) is 0 Å². The molecule has 178 valence electrons. The van der Waals surface area contributed by atoms with E-state index >= 15 is 0 Å². The number of nitrogens with zero attached hydrogens (tertiary/aromatic N) is 3. The smallest absolute Gasteiger partial charge is 0.257 e. The van der Waals surface area contributed by atoms with Gasteiger partial charge in [-0.3, -0.25) is 9.69 Å². The van der Waals surface area contributed by atoms with Crippen LogP contribution in [0.3, 0.4) is 0 Å². The number of morpholine rings is 1. The molecule has 7 nitrogen and oxygen atoms in total. The molecule has 7 heteroatoms. The topological polar surface area (TPSA) is 66.9 Å². The number of amides is 1. The van der Waals surface area contributed by atoms with Crippen LogP contribution in [0.15, 0.2) is 42.6 Å². The van der Waals surface area contributed by atoms with E-state index in [0.717, 1.165) is 57.0 Å². The van der Waals surface area contributed by atoms with Gasteiger partial charge in [0.05, 0.1) is 24.4 Å². The molecule has 3 heterocycles. The molecule has 1 aromatic heterocycles. The third-order valence-corrected chi connectivity index (χ3v) is 6.38. The summed E-state index contributed by atoms with van der Waals surface area (Å²) in [5.74, 6) is 2.08. The van der Waals surface area contributed by atoms with E-state index in [2.05, 4.69) is 29.0 Å². The molecular formula is C26H36N4O3. The first kappa shape index (κ1) is 23.5. The standard InChI is InChI=1S/C26H36N4O3/c1-4-32-23-9-7-22(8-10-23)28-25-24(6-5-13-27-25)26(31)30-14-11-21(12-15-30)18-29-16-19(2)33-20(3)17-29/h5-10,13,19-21H,4,11-12,14-18H2,1-3H3,(H,27,28). The Labute approximate surface area is 197 Å². The van der Waals surface area contributed by atoms with Gasteiger partial charge in [0.15, 0.2) is 0 Å². The van der Waals surface area contributed by atoms with Crippen molar-refractivity contribution in [1.82, 2.24) is 14.8 Å². The largest absolute Gasteiger partial charge is 0.494 e. The van der Waals surface area contributed by atoms with Crippen LogP contribution in [0.4, 0.5) is 11.5 Å². The first-order valence-corrected chi connectivity index (χ1v) is 12.1. The van der Waals surface area contributed by atoms with Crippen LogP contribution in [-0.2, 0) is 4.74 Å². The number of ether oxygens (including phenoxy) is 2. The number of rotatable bonds is 7. The van der Waals surface area contributed by atoms with E-state index in [1.807, 2.05) is 48.2 Å². The third kappa shape index (κ3) is 6.24. The Bertz CT molecular complexity index is 902. The zero-order valence-electron chi connectivity index (χ0n) is 20.0. The van der Waals surface area contributed by atoms with Crippen molar-refractivity contribution in [3.05, 3.63) is 48.2 Å². The van der Waals surface area contributed by atoms with Crippen molar-refractivity contribution in [3.8, 4) is 5.75 Å². The van der Waals surface area contributed by atoms with Gasteiger partial charge in [0.1, 0.15) is 11.6 Å². The van der Waals surface area contributed by atoms with Crippen LogP contribution in [0.25, 0.3) is 0 Å². The van der Waals surface area contributed by atoms with Crippen molar-refractivity contribution < 1.29 is 14.3 Å². The van der Waals surface area contributed by atoms with E-state index in [1.165, 1.54) is 0 Å². The predicted molar refractivity (Wildman–Crippen MR) is 130 cm³/mol. The Kier molecular flexibility index (Phi) is 7.83. The summed E-state index contributed by atoms with van der Waals surface area (Å²) in [6.07, 6.45) is 4.37. The van der Waals surface area contributed by atoms with Gasteiger partial charge >= 0.3 is 0 Å². The van der Waals surface area contributed by atoms with Gasteiger partial charge in [0.25, 0.3) is 5.91 Å². The Balaban J connectivity index is 1.34. The number of pyridine rings is 1. The van der Waals surface area contributed by atoms with Gasteiger partial charge in [-0.2, -0.15) is 0 Å². The van der Waals surface area contributed by atoms with Crippen LogP contribution in [0.1, 0.15) is 44.0 Å². The van der Waals surface area contributed by atoms with E-state index < -0.39 is 0 Å². The second kappa shape index (κ2) is 11.0. The summed E-state index contributed by atoms with van der Waals surface area (Å²) in [4.78, 5) is 22.3. The molecule has 2 aliphatic rings. The molecule has 2 aliphatic heterocycles. The lowest BCUT2D eigenvalue weighted by atomic mass is 9.95. The molecule has 2 saturated heterocycles. The van der Waals surface area contributed by atoms with Crippen LogP contribution >= 0.6 is 0 Å². The van der Waals surface area contributed by atoms with E-state index in [0.29, 0.717) is 36.1 Å². The van der Waals surface area contributed by atoms with Crippen LogP contribution < -0.4 is 10.1 Å². The highest BCUT2D eigenvalue weighted by atomic mass is 16.5. The zero-order chi connectivity index (χ0) is 23.2. The Hall–Kier alpha value is -2.64. The number of hydrogen-bond acceptors (Lipinski definition) is 6. The average Bonchev–Trinajstić information content (AvgIpc) is 2.80. The summed E-state index contributed by atoms with van der Waals surface area (Å²) in [6, 6.07) is 11.4. The molecule has 2 unspecified atom stereocenters. The molecule has 2 atom stereocenters. The fourth-order valence-corrected chi connectivity index (χ4v) is 4.90. The van der Waals surface area contributed by atoms with Crippen molar-refractivity contribution in [1.29, 1.82) is 0 Å². The SMILES string of the molecule is CCOc1ccc(Nc2ncccc2C(=O)N2CCC(CN3CC(C)OC(C)C3)CC2)cc1. The average molecular weight is 453 g/mol. The van der Waals surface area contributed by atoms with Gasteiger partial charge in [-0.1, -0.05) is 0 Å². The van der Waals surface area contributed by atoms with Gasteiger partial charge in [0, 0.05) is 44.6 Å². The monoisotopic (exact) mass is 452 g/mol. The van der Waals surface area contributed by atoms with Crippen molar-refractivity contribution in [2.24, 2.45) is 5.92 Å². The minimum atomic E-state index is 0.0450. The van der Waals surface area contributed by atoms with E-state index in [9.17, 15) is 4.79 Å². The number of anilines is 2. The lowest BCUT2D eigenvalue weighted by molar-refractivity contribution is -0.0728. The molecule has 4 rings (SSSR count). The molecule has 2 aromatic rings.